The predicted octanol–water partition coefficient (Wildman–Crippen LogP) is -4.52. The number of carbonyl (C=O) groups excluding carboxylic acids is 4. The summed E-state index contributed by atoms with van der Waals surface area (Å²) in [5.74, 6) is -6.12. The number of hydrogen-bond donors (Lipinski definition) is 8. The molecule has 0 saturated carbocycles. The van der Waals surface area contributed by atoms with Crippen LogP contribution in [0.2, 0.25) is 0 Å². The number of aliphatic hydroxyl groups excluding tert-OH is 1. The maximum absolute atomic E-state index is 12.3. The lowest BCUT2D eigenvalue weighted by Gasteiger charge is -2.20. The molecule has 1 aliphatic rings. The number of carboxylic acid groups (broad SMARTS) is 2. The van der Waals surface area contributed by atoms with Crippen molar-refractivity contribution in [2.75, 3.05) is 19.7 Å². The Hall–Kier alpha value is -3.95. The third-order valence-corrected chi connectivity index (χ3v) is 4.18. The average molecular weight is 459 g/mol. The van der Waals surface area contributed by atoms with Crippen molar-refractivity contribution in [3.05, 3.63) is 0 Å². The summed E-state index contributed by atoms with van der Waals surface area (Å²) in [6.07, 6.45) is -0.352. The van der Waals surface area contributed by atoms with Gasteiger partial charge in [0.25, 0.3) is 5.91 Å². The van der Waals surface area contributed by atoms with Gasteiger partial charge in [-0.1, -0.05) is 0 Å². The van der Waals surface area contributed by atoms with Gasteiger partial charge in [-0.05, 0) is 12.8 Å². The molecule has 1 unspecified atom stereocenters. The summed E-state index contributed by atoms with van der Waals surface area (Å²) in [6.45, 7) is -1.55. The molecule has 16 heteroatoms. The van der Waals surface area contributed by atoms with Gasteiger partial charge in [-0.15, -0.1) is 0 Å². The fraction of sp³-hybridized carbons (Fsp3) is 0.562. The van der Waals surface area contributed by atoms with Crippen molar-refractivity contribution in [2.24, 2.45) is 16.5 Å². The predicted molar refractivity (Wildman–Crippen MR) is 105 cm³/mol. The number of aliphatic imine (C=N–C) groups is 1. The first-order valence-electron chi connectivity index (χ1n) is 9.28. The quantitative estimate of drug-likeness (QED) is 0.0562. The van der Waals surface area contributed by atoms with Gasteiger partial charge in [-0.25, -0.2) is 9.59 Å². The van der Waals surface area contributed by atoms with E-state index >= 15 is 0 Å². The monoisotopic (exact) mass is 459 g/mol. The van der Waals surface area contributed by atoms with Gasteiger partial charge in [-0.3, -0.25) is 29.1 Å². The third kappa shape index (κ3) is 8.05. The molecule has 0 aromatic carbocycles. The topological polar surface area (TPSA) is 267 Å². The van der Waals surface area contributed by atoms with Crippen molar-refractivity contribution in [3.8, 4) is 0 Å². The zero-order valence-electron chi connectivity index (χ0n) is 16.8. The van der Waals surface area contributed by atoms with Crippen molar-refractivity contribution >= 4 is 41.7 Å². The summed E-state index contributed by atoms with van der Waals surface area (Å²) in [5, 5.41) is 33.1. The van der Waals surface area contributed by atoms with E-state index in [2.05, 4.69) is 10.3 Å². The highest BCUT2D eigenvalue weighted by atomic mass is 16.4. The number of rotatable bonds is 13. The summed E-state index contributed by atoms with van der Waals surface area (Å²) in [7, 11) is 0. The van der Waals surface area contributed by atoms with E-state index in [0.717, 1.165) is 0 Å². The Labute approximate surface area is 181 Å². The van der Waals surface area contributed by atoms with E-state index in [4.69, 9.17) is 26.8 Å². The van der Waals surface area contributed by atoms with Crippen LogP contribution in [-0.4, -0.2) is 99.7 Å². The van der Waals surface area contributed by atoms with E-state index < -0.39 is 73.4 Å². The minimum Gasteiger partial charge on any atom is -0.481 e. The number of guanidine groups is 1. The molecule has 1 heterocycles. The minimum absolute atomic E-state index is 0.126. The molecule has 0 aromatic rings. The van der Waals surface area contributed by atoms with Crippen LogP contribution in [0.1, 0.15) is 19.3 Å². The summed E-state index contributed by atoms with van der Waals surface area (Å²) < 4.78 is 0. The van der Waals surface area contributed by atoms with Gasteiger partial charge in [0.15, 0.2) is 5.96 Å². The second kappa shape index (κ2) is 12.0. The summed E-state index contributed by atoms with van der Waals surface area (Å²) in [5.41, 5.74) is 10.4. The van der Waals surface area contributed by atoms with Gasteiger partial charge in [-0.2, -0.15) is 0 Å². The van der Waals surface area contributed by atoms with Gasteiger partial charge in [0, 0.05) is 6.54 Å². The average Bonchev–Trinajstić information content (AvgIpc) is 2.95. The number of nitrogens with one attached hydrogen (secondary N) is 3. The SMILES string of the molecule is NC(N)=NCCCC1NC(=O)N(CC(=O)N[C@@H](CC(=O)O)C(=O)N[C@@H](CO)C(=O)O)C1=O. The molecule has 32 heavy (non-hydrogen) atoms. The second-order valence-electron chi connectivity index (χ2n) is 6.68. The largest absolute Gasteiger partial charge is 0.481 e. The lowest BCUT2D eigenvalue weighted by atomic mass is 10.1. The number of urea groups is 1. The third-order valence-electron chi connectivity index (χ3n) is 4.18. The number of amides is 5. The maximum Gasteiger partial charge on any atom is 0.328 e. The Bertz CT molecular complexity index is 797. The first-order valence-corrected chi connectivity index (χ1v) is 9.28. The normalized spacial score (nSPS) is 17.2. The van der Waals surface area contributed by atoms with Crippen molar-refractivity contribution in [3.63, 3.8) is 0 Å². The molecule has 0 radical (unpaired) electrons. The van der Waals surface area contributed by atoms with E-state index in [9.17, 15) is 28.8 Å². The molecular weight excluding hydrogens is 434 g/mol. The van der Waals surface area contributed by atoms with Crippen LogP contribution in [0.25, 0.3) is 0 Å². The lowest BCUT2D eigenvalue weighted by molar-refractivity contribution is -0.144. The number of aliphatic hydroxyl groups is 1. The molecule has 10 N–H and O–H groups in total. The van der Waals surface area contributed by atoms with Crippen LogP contribution in [0.5, 0.6) is 0 Å². The molecule has 1 aliphatic heterocycles. The molecule has 1 rings (SSSR count). The van der Waals surface area contributed by atoms with Crippen LogP contribution in [0.3, 0.4) is 0 Å². The lowest BCUT2D eigenvalue weighted by Crippen LogP contribution is -2.54. The Morgan fingerprint density at radius 3 is 2.31 bits per heavy atom. The number of aliphatic carboxylic acids is 2. The van der Waals surface area contributed by atoms with Crippen LogP contribution >= 0.6 is 0 Å². The first-order chi connectivity index (χ1) is 15.0. The second-order valence-corrected chi connectivity index (χ2v) is 6.68. The van der Waals surface area contributed by atoms with E-state index in [1.807, 2.05) is 10.6 Å². The first kappa shape index (κ1) is 26.1. The zero-order chi connectivity index (χ0) is 24.4. The Morgan fingerprint density at radius 1 is 1.12 bits per heavy atom. The molecular formula is C16H25N7O9. The van der Waals surface area contributed by atoms with Crippen molar-refractivity contribution < 1.29 is 44.1 Å². The maximum atomic E-state index is 12.3. The number of nitrogens with zero attached hydrogens (tertiary/aromatic N) is 2. The standard InChI is InChI=1S/C16H25N7O9/c17-15(18)19-3-1-2-7-13(29)23(16(32)22-7)5-10(25)20-8(4-11(26)27)12(28)21-9(6-24)14(30)31/h7-9,24H,1-6H2,(H,20,25)(H,21,28)(H,22,32)(H,26,27)(H,30,31)(H4,17,18,19)/t7?,8-,9-/m0/s1. The molecule has 0 spiro atoms. The highest BCUT2D eigenvalue weighted by molar-refractivity contribution is 6.06. The summed E-state index contributed by atoms with van der Waals surface area (Å²) in [4.78, 5) is 75.0. The molecule has 16 nitrogen and oxygen atoms in total. The van der Waals surface area contributed by atoms with E-state index in [1.165, 1.54) is 0 Å². The zero-order valence-corrected chi connectivity index (χ0v) is 16.8. The van der Waals surface area contributed by atoms with Crippen molar-refractivity contribution in [1.29, 1.82) is 0 Å². The molecule has 3 atom stereocenters. The van der Waals surface area contributed by atoms with Crippen LogP contribution in [0, 0.1) is 0 Å². The molecule has 178 valence electrons. The summed E-state index contributed by atoms with van der Waals surface area (Å²) in [6, 6.07) is -5.21. The van der Waals surface area contributed by atoms with E-state index in [-0.39, 0.29) is 18.9 Å². The Morgan fingerprint density at radius 2 is 1.78 bits per heavy atom. The van der Waals surface area contributed by atoms with Crippen LogP contribution in [0.4, 0.5) is 4.79 Å². The van der Waals surface area contributed by atoms with Gasteiger partial charge in [0.1, 0.15) is 24.7 Å². The van der Waals surface area contributed by atoms with Crippen LogP contribution in [-0.2, 0) is 24.0 Å². The fourth-order valence-corrected chi connectivity index (χ4v) is 2.65. The van der Waals surface area contributed by atoms with Gasteiger partial charge >= 0.3 is 18.0 Å². The van der Waals surface area contributed by atoms with Gasteiger partial charge in [0.05, 0.1) is 13.0 Å². The molecule has 0 aromatic heterocycles. The molecule has 1 fully saturated rings. The van der Waals surface area contributed by atoms with Gasteiger partial charge in [0.2, 0.25) is 11.8 Å². The van der Waals surface area contributed by atoms with Gasteiger partial charge < -0.3 is 42.7 Å². The number of carboxylic acids is 2. The molecule has 1 saturated heterocycles. The molecule has 0 aliphatic carbocycles. The van der Waals surface area contributed by atoms with Crippen LogP contribution in [0.15, 0.2) is 4.99 Å². The highest BCUT2D eigenvalue weighted by Gasteiger charge is 2.39. The number of imide groups is 1. The molecule has 0 bridgehead atoms. The summed E-state index contributed by atoms with van der Waals surface area (Å²) >= 11 is 0. The van der Waals surface area contributed by atoms with E-state index in [1.54, 1.807) is 0 Å². The molecule has 5 amide bonds. The number of carbonyl (C=O) groups is 6. The Kier molecular flexibility index (Phi) is 9.81. The fourth-order valence-electron chi connectivity index (χ4n) is 2.65. The number of nitrogens with two attached hydrogens (primary N) is 2. The minimum atomic E-state index is -1.72. The van der Waals surface area contributed by atoms with Crippen LogP contribution < -0.4 is 27.4 Å². The van der Waals surface area contributed by atoms with Crippen molar-refractivity contribution in [1.82, 2.24) is 20.9 Å². The van der Waals surface area contributed by atoms with E-state index in [0.29, 0.717) is 11.3 Å². The van der Waals surface area contributed by atoms with Crippen molar-refractivity contribution in [2.45, 2.75) is 37.4 Å². The highest BCUT2D eigenvalue weighted by Crippen LogP contribution is 2.11. The Balaban J connectivity index is 2.72. The number of hydrogen-bond acceptors (Lipinski definition) is 8. The smallest absolute Gasteiger partial charge is 0.328 e.